The lowest BCUT2D eigenvalue weighted by Crippen LogP contribution is -2.38. The first kappa shape index (κ1) is 18.7. The van der Waals surface area contributed by atoms with Gasteiger partial charge in [-0.3, -0.25) is 19.3 Å². The van der Waals surface area contributed by atoms with Crippen LogP contribution in [0.15, 0.2) is 24.3 Å². The number of carboxylic acid groups (broad SMARTS) is 2. The second-order valence-corrected chi connectivity index (χ2v) is 6.23. The van der Waals surface area contributed by atoms with Crippen molar-refractivity contribution in [2.45, 2.75) is 25.4 Å². The molecule has 1 heterocycles. The van der Waals surface area contributed by atoms with Gasteiger partial charge in [-0.05, 0) is 36.8 Å². The van der Waals surface area contributed by atoms with Crippen LogP contribution in [0, 0.1) is 0 Å². The van der Waals surface area contributed by atoms with Gasteiger partial charge in [-0.2, -0.15) is 0 Å². The number of hydrogen-bond acceptors (Lipinski definition) is 5. The average Bonchev–Trinajstić information content (AvgIpc) is 2.79. The predicted octanol–water partition coefficient (Wildman–Crippen LogP) is 0.828. The lowest BCUT2D eigenvalue weighted by molar-refractivity contribution is -0.138. The van der Waals surface area contributed by atoms with Crippen LogP contribution in [0.25, 0.3) is 0 Å². The molecular formula is C16H19N3O5S. The molecule has 1 aromatic rings. The summed E-state index contributed by atoms with van der Waals surface area (Å²) >= 11 is 5.05. The fourth-order valence-electron chi connectivity index (χ4n) is 2.67. The van der Waals surface area contributed by atoms with Crippen LogP contribution < -0.4 is 10.2 Å². The molecular weight excluding hydrogens is 346 g/mol. The van der Waals surface area contributed by atoms with Crippen molar-refractivity contribution in [1.29, 1.82) is 0 Å². The number of rotatable bonds is 7. The molecule has 0 radical (unpaired) electrons. The number of carbonyl (C=O) groups is 3. The normalized spacial score (nSPS) is 18.0. The molecule has 2 rings (SSSR count). The maximum atomic E-state index is 12.1. The van der Waals surface area contributed by atoms with E-state index in [1.807, 2.05) is 0 Å². The largest absolute Gasteiger partial charge is 0.481 e. The Balaban J connectivity index is 2.23. The summed E-state index contributed by atoms with van der Waals surface area (Å²) in [4.78, 5) is 37.0. The SMILES string of the molecule is CC(CC(=O)O)N(CC(=O)O)c1ccc(C2NC(=S)N(C)C2=O)cc1. The van der Waals surface area contributed by atoms with Crippen molar-refractivity contribution >= 4 is 40.9 Å². The Bertz CT molecular complexity index is 706. The molecule has 0 spiro atoms. The Labute approximate surface area is 150 Å². The molecule has 1 saturated heterocycles. The summed E-state index contributed by atoms with van der Waals surface area (Å²) in [6, 6.07) is 5.68. The van der Waals surface area contributed by atoms with Gasteiger partial charge in [-0.15, -0.1) is 0 Å². The molecule has 0 aromatic heterocycles. The highest BCUT2D eigenvalue weighted by Gasteiger charge is 2.33. The molecule has 134 valence electrons. The fourth-order valence-corrected chi connectivity index (χ4v) is 2.88. The van der Waals surface area contributed by atoms with Crippen LogP contribution in [0.5, 0.6) is 0 Å². The minimum absolute atomic E-state index is 0.167. The average molecular weight is 365 g/mol. The molecule has 2 unspecified atom stereocenters. The number of hydrogen-bond donors (Lipinski definition) is 3. The second-order valence-electron chi connectivity index (χ2n) is 5.84. The van der Waals surface area contributed by atoms with Crippen LogP contribution >= 0.6 is 12.2 Å². The van der Waals surface area contributed by atoms with Gasteiger partial charge in [0.15, 0.2) is 5.11 Å². The molecule has 1 aliphatic heterocycles. The third kappa shape index (κ3) is 4.24. The number of aliphatic carboxylic acids is 2. The minimum atomic E-state index is -1.05. The molecule has 1 fully saturated rings. The van der Waals surface area contributed by atoms with E-state index in [0.717, 1.165) is 0 Å². The van der Waals surface area contributed by atoms with Gasteiger partial charge in [0.05, 0.1) is 6.42 Å². The number of carboxylic acids is 2. The van der Waals surface area contributed by atoms with E-state index < -0.39 is 24.0 Å². The Kier molecular flexibility index (Phi) is 5.58. The van der Waals surface area contributed by atoms with Crippen molar-refractivity contribution in [3.63, 3.8) is 0 Å². The summed E-state index contributed by atoms with van der Waals surface area (Å²) in [6.07, 6.45) is -0.184. The Morgan fingerprint density at radius 1 is 1.28 bits per heavy atom. The summed E-state index contributed by atoms with van der Waals surface area (Å²) in [7, 11) is 1.59. The van der Waals surface area contributed by atoms with Gasteiger partial charge in [0.1, 0.15) is 12.6 Å². The quantitative estimate of drug-likeness (QED) is 0.610. The number of likely N-dealkylation sites (N-methyl/N-ethyl adjacent to an activating group) is 1. The van der Waals surface area contributed by atoms with Gasteiger partial charge in [0.2, 0.25) is 0 Å². The zero-order chi connectivity index (χ0) is 18.7. The van der Waals surface area contributed by atoms with Crippen molar-refractivity contribution in [1.82, 2.24) is 10.2 Å². The first-order chi connectivity index (χ1) is 11.7. The maximum Gasteiger partial charge on any atom is 0.323 e. The molecule has 0 aliphatic carbocycles. The Hall–Kier alpha value is -2.68. The molecule has 0 bridgehead atoms. The molecule has 2 atom stereocenters. The monoisotopic (exact) mass is 365 g/mol. The van der Waals surface area contributed by atoms with Crippen molar-refractivity contribution in [3.05, 3.63) is 29.8 Å². The zero-order valence-corrected chi connectivity index (χ0v) is 14.6. The molecule has 3 N–H and O–H groups in total. The van der Waals surface area contributed by atoms with Crippen LogP contribution in [0.2, 0.25) is 0 Å². The number of anilines is 1. The number of nitrogens with zero attached hydrogens (tertiary/aromatic N) is 2. The van der Waals surface area contributed by atoms with Crippen molar-refractivity contribution < 1.29 is 24.6 Å². The lowest BCUT2D eigenvalue weighted by atomic mass is 10.1. The highest BCUT2D eigenvalue weighted by molar-refractivity contribution is 7.80. The van der Waals surface area contributed by atoms with Crippen LogP contribution in [-0.4, -0.2) is 57.7 Å². The van der Waals surface area contributed by atoms with Crippen LogP contribution in [0.1, 0.15) is 24.9 Å². The van der Waals surface area contributed by atoms with Crippen molar-refractivity contribution in [2.75, 3.05) is 18.5 Å². The van der Waals surface area contributed by atoms with Gasteiger partial charge in [-0.25, -0.2) is 0 Å². The summed E-state index contributed by atoms with van der Waals surface area (Å²) < 4.78 is 0. The standard InChI is InChI=1S/C16H19N3O5S/c1-9(7-12(20)21)19(8-13(22)23)11-5-3-10(4-6-11)14-15(24)18(2)16(25)17-14/h3-6,9,14H,7-8H2,1-2H3,(H,17,25)(H,20,21)(H,22,23). The summed E-state index contributed by atoms with van der Waals surface area (Å²) in [5.74, 6) is -2.22. The van der Waals surface area contributed by atoms with Crippen molar-refractivity contribution in [2.24, 2.45) is 0 Å². The number of carbonyl (C=O) groups excluding carboxylic acids is 1. The zero-order valence-electron chi connectivity index (χ0n) is 13.8. The van der Waals surface area contributed by atoms with Gasteiger partial charge >= 0.3 is 11.9 Å². The van der Waals surface area contributed by atoms with Gasteiger partial charge < -0.3 is 20.4 Å². The van der Waals surface area contributed by atoms with E-state index in [0.29, 0.717) is 16.4 Å². The molecule has 8 nitrogen and oxygen atoms in total. The van der Waals surface area contributed by atoms with E-state index in [1.165, 1.54) is 9.80 Å². The van der Waals surface area contributed by atoms with E-state index in [9.17, 15) is 14.4 Å². The van der Waals surface area contributed by atoms with Crippen molar-refractivity contribution in [3.8, 4) is 0 Å². The molecule has 1 amide bonds. The van der Waals surface area contributed by atoms with E-state index in [1.54, 1.807) is 38.2 Å². The number of thiocarbonyl (C=S) groups is 1. The Morgan fingerprint density at radius 2 is 1.88 bits per heavy atom. The highest BCUT2D eigenvalue weighted by atomic mass is 32.1. The fraction of sp³-hybridized carbons (Fsp3) is 0.375. The minimum Gasteiger partial charge on any atom is -0.481 e. The van der Waals surface area contributed by atoms with Gasteiger partial charge in [0, 0.05) is 18.8 Å². The smallest absolute Gasteiger partial charge is 0.323 e. The number of nitrogens with one attached hydrogen (secondary N) is 1. The Morgan fingerprint density at radius 3 is 2.32 bits per heavy atom. The first-order valence-corrected chi connectivity index (χ1v) is 7.99. The number of amides is 1. The molecule has 0 saturated carbocycles. The topological polar surface area (TPSA) is 110 Å². The molecule has 9 heteroatoms. The van der Waals surface area contributed by atoms with E-state index in [4.69, 9.17) is 22.4 Å². The first-order valence-electron chi connectivity index (χ1n) is 7.59. The molecule has 25 heavy (non-hydrogen) atoms. The van der Waals surface area contributed by atoms with Crippen LogP contribution in [-0.2, 0) is 14.4 Å². The summed E-state index contributed by atoms with van der Waals surface area (Å²) in [5, 5.41) is 21.3. The lowest BCUT2D eigenvalue weighted by Gasteiger charge is -2.29. The second kappa shape index (κ2) is 7.47. The number of benzene rings is 1. The molecule has 1 aromatic carbocycles. The highest BCUT2D eigenvalue weighted by Crippen LogP contribution is 2.25. The van der Waals surface area contributed by atoms with Crippen LogP contribution in [0.3, 0.4) is 0 Å². The third-order valence-electron chi connectivity index (χ3n) is 4.02. The van der Waals surface area contributed by atoms with E-state index >= 15 is 0 Å². The summed E-state index contributed by atoms with van der Waals surface area (Å²) in [6.45, 7) is 1.33. The molecule has 1 aliphatic rings. The third-order valence-corrected chi connectivity index (χ3v) is 4.41. The van der Waals surface area contributed by atoms with E-state index in [-0.39, 0.29) is 18.9 Å². The van der Waals surface area contributed by atoms with Crippen LogP contribution in [0.4, 0.5) is 5.69 Å². The predicted molar refractivity (Wildman–Crippen MR) is 94.4 cm³/mol. The van der Waals surface area contributed by atoms with Gasteiger partial charge in [-0.1, -0.05) is 12.1 Å². The summed E-state index contributed by atoms with van der Waals surface area (Å²) in [5.41, 5.74) is 1.27. The van der Waals surface area contributed by atoms with Gasteiger partial charge in [0.25, 0.3) is 5.91 Å². The maximum absolute atomic E-state index is 12.1. The van der Waals surface area contributed by atoms with E-state index in [2.05, 4.69) is 5.32 Å².